The highest BCUT2D eigenvalue weighted by Gasteiger charge is 2.53. The third kappa shape index (κ3) is 2.95. The molecule has 0 amide bonds. The van der Waals surface area contributed by atoms with Crippen molar-refractivity contribution in [1.29, 1.82) is 0 Å². The van der Waals surface area contributed by atoms with Gasteiger partial charge in [0.05, 0.1) is 0 Å². The second-order valence-corrected chi connectivity index (χ2v) is 7.60. The number of carboxylic acid groups (broad SMARTS) is 1. The monoisotopic (exact) mass is 350 g/mol. The number of aliphatic carboxylic acids is 1. The molecular weight excluding hydrogens is 326 g/mol. The summed E-state index contributed by atoms with van der Waals surface area (Å²) in [5.41, 5.74) is 0.475. The molecule has 5 rings (SSSR count). The van der Waals surface area contributed by atoms with Crippen LogP contribution in [0.5, 0.6) is 0 Å². The highest BCUT2D eigenvalue weighted by Crippen LogP contribution is 2.47. The van der Waals surface area contributed by atoms with Crippen molar-refractivity contribution in [3.63, 3.8) is 0 Å². The van der Waals surface area contributed by atoms with E-state index < -0.39 is 17.6 Å². The molecule has 1 aromatic carbocycles. The summed E-state index contributed by atoms with van der Waals surface area (Å²) >= 11 is 0. The molecule has 3 atom stereocenters. The molecule has 1 N–H and O–H groups in total. The Morgan fingerprint density at radius 2 is 1.96 bits per heavy atom. The Balaban J connectivity index is 1.61. The molecule has 0 radical (unpaired) electrons. The highest BCUT2D eigenvalue weighted by molar-refractivity contribution is 5.66. The van der Waals surface area contributed by atoms with Gasteiger partial charge in [0.2, 0.25) is 0 Å². The molecule has 25 heavy (non-hydrogen) atoms. The van der Waals surface area contributed by atoms with Crippen molar-refractivity contribution in [2.45, 2.75) is 43.7 Å². The van der Waals surface area contributed by atoms with Gasteiger partial charge in [0, 0.05) is 31.0 Å². The van der Waals surface area contributed by atoms with Gasteiger partial charge in [0.15, 0.2) is 11.6 Å². The van der Waals surface area contributed by atoms with E-state index in [2.05, 4.69) is 9.80 Å². The van der Waals surface area contributed by atoms with Crippen LogP contribution < -0.4 is 0 Å². The summed E-state index contributed by atoms with van der Waals surface area (Å²) in [5.74, 6) is -1.75. The molecule has 4 heterocycles. The van der Waals surface area contributed by atoms with E-state index in [1.165, 1.54) is 6.07 Å². The van der Waals surface area contributed by atoms with E-state index in [1.807, 2.05) is 0 Å². The normalized spacial score (nSPS) is 34.2. The Kier molecular flexibility index (Phi) is 4.50. The largest absolute Gasteiger partial charge is 0.481 e. The molecular formula is C19H24F2N2O2. The quantitative estimate of drug-likeness (QED) is 0.887. The number of carbonyl (C=O) groups is 1. The van der Waals surface area contributed by atoms with Crippen molar-refractivity contribution in [3.8, 4) is 0 Å². The van der Waals surface area contributed by atoms with Crippen molar-refractivity contribution in [1.82, 2.24) is 9.80 Å². The minimum atomic E-state index is -0.783. The number of carboxylic acids is 1. The van der Waals surface area contributed by atoms with E-state index in [0.717, 1.165) is 25.9 Å². The van der Waals surface area contributed by atoms with E-state index >= 15 is 0 Å². The summed E-state index contributed by atoms with van der Waals surface area (Å²) in [7, 11) is 0. The lowest BCUT2D eigenvalue weighted by Crippen LogP contribution is -2.60. The number of rotatable bonds is 5. The second-order valence-electron chi connectivity index (χ2n) is 7.60. The van der Waals surface area contributed by atoms with E-state index in [1.54, 1.807) is 12.1 Å². The van der Waals surface area contributed by atoms with Crippen molar-refractivity contribution in [2.24, 2.45) is 5.92 Å². The fourth-order valence-corrected chi connectivity index (χ4v) is 5.31. The zero-order valence-electron chi connectivity index (χ0n) is 14.2. The lowest BCUT2D eigenvalue weighted by atomic mass is 9.75. The molecule has 0 spiro atoms. The number of fused-ring (bicyclic) bond motifs is 2. The van der Waals surface area contributed by atoms with Gasteiger partial charge in [-0.25, -0.2) is 8.78 Å². The van der Waals surface area contributed by atoms with E-state index in [0.29, 0.717) is 37.0 Å². The summed E-state index contributed by atoms with van der Waals surface area (Å²) in [4.78, 5) is 15.6. The molecule has 4 nitrogen and oxygen atoms in total. The predicted octanol–water partition coefficient (Wildman–Crippen LogP) is 2.69. The van der Waals surface area contributed by atoms with Crippen LogP contribution in [0, 0.1) is 17.6 Å². The molecule has 4 aliphatic heterocycles. The molecule has 0 unspecified atom stereocenters. The van der Waals surface area contributed by atoms with Crippen LogP contribution in [0.2, 0.25) is 0 Å². The van der Waals surface area contributed by atoms with Crippen LogP contribution in [0.1, 0.15) is 37.2 Å². The number of hydrogen-bond acceptors (Lipinski definition) is 3. The molecule has 4 saturated heterocycles. The van der Waals surface area contributed by atoms with Gasteiger partial charge < -0.3 is 5.11 Å². The Hall–Kier alpha value is -1.53. The minimum absolute atomic E-state index is 0.0476. The summed E-state index contributed by atoms with van der Waals surface area (Å²) in [6.07, 6.45) is 3.05. The third-order valence-corrected chi connectivity index (χ3v) is 6.31. The van der Waals surface area contributed by atoms with Crippen LogP contribution in [0.3, 0.4) is 0 Å². The molecule has 0 aliphatic carbocycles. The Labute approximate surface area is 146 Å². The van der Waals surface area contributed by atoms with Gasteiger partial charge in [-0.05, 0) is 56.4 Å². The lowest BCUT2D eigenvalue weighted by molar-refractivity contribution is -0.137. The maximum absolute atomic E-state index is 14.4. The Morgan fingerprint density at radius 3 is 2.68 bits per heavy atom. The van der Waals surface area contributed by atoms with Gasteiger partial charge in [-0.3, -0.25) is 14.6 Å². The van der Waals surface area contributed by atoms with Gasteiger partial charge in [0.25, 0.3) is 0 Å². The minimum Gasteiger partial charge on any atom is -0.481 e. The molecule has 0 aromatic heterocycles. The number of nitrogens with zero attached hydrogens (tertiary/aromatic N) is 2. The van der Waals surface area contributed by atoms with E-state index in [4.69, 9.17) is 5.11 Å². The number of likely N-dealkylation sites (tertiary alicyclic amines) is 1. The topological polar surface area (TPSA) is 43.8 Å². The van der Waals surface area contributed by atoms with Crippen LogP contribution >= 0.6 is 0 Å². The zero-order chi connectivity index (χ0) is 17.6. The fraction of sp³-hybridized carbons (Fsp3) is 0.632. The molecule has 1 aromatic rings. The first kappa shape index (κ1) is 16.9. The van der Waals surface area contributed by atoms with Crippen molar-refractivity contribution < 1.29 is 18.7 Å². The zero-order valence-corrected chi connectivity index (χ0v) is 14.2. The second kappa shape index (κ2) is 6.65. The van der Waals surface area contributed by atoms with Crippen molar-refractivity contribution in [3.05, 3.63) is 35.4 Å². The smallest absolute Gasteiger partial charge is 0.303 e. The van der Waals surface area contributed by atoms with Crippen LogP contribution in [0.25, 0.3) is 0 Å². The number of hydrogen-bond donors (Lipinski definition) is 1. The Morgan fingerprint density at radius 1 is 1.20 bits per heavy atom. The van der Waals surface area contributed by atoms with Crippen LogP contribution in [0.4, 0.5) is 8.78 Å². The maximum Gasteiger partial charge on any atom is 0.303 e. The van der Waals surface area contributed by atoms with E-state index in [9.17, 15) is 13.6 Å². The van der Waals surface area contributed by atoms with Gasteiger partial charge >= 0.3 is 5.97 Å². The third-order valence-electron chi connectivity index (χ3n) is 6.31. The Bertz CT molecular complexity index is 661. The number of piperidine rings is 3. The molecule has 2 bridgehead atoms. The van der Waals surface area contributed by atoms with Gasteiger partial charge in [-0.2, -0.15) is 0 Å². The van der Waals surface area contributed by atoms with E-state index in [-0.39, 0.29) is 18.4 Å². The van der Waals surface area contributed by atoms with Gasteiger partial charge in [-0.1, -0.05) is 12.1 Å². The first-order valence-electron chi connectivity index (χ1n) is 9.20. The summed E-state index contributed by atoms with van der Waals surface area (Å²) in [5, 5.41) is 8.90. The van der Waals surface area contributed by atoms with Crippen molar-refractivity contribution >= 4 is 5.97 Å². The fourth-order valence-electron chi connectivity index (χ4n) is 5.31. The molecule has 0 saturated carbocycles. The predicted molar refractivity (Wildman–Crippen MR) is 89.4 cm³/mol. The summed E-state index contributed by atoms with van der Waals surface area (Å²) < 4.78 is 28.2. The van der Waals surface area contributed by atoms with Gasteiger partial charge in [0.1, 0.15) is 0 Å². The van der Waals surface area contributed by atoms with Crippen LogP contribution in [0.15, 0.2) is 18.2 Å². The molecule has 136 valence electrons. The number of halogens is 2. The van der Waals surface area contributed by atoms with Crippen LogP contribution in [-0.4, -0.2) is 59.1 Å². The SMILES string of the molecule is O=C(O)CCCN1C[C@H](c2cccc(F)c2F)[C@@H]2[C@H]1C1CCN2CC1. The maximum atomic E-state index is 14.4. The average Bonchev–Trinajstić information content (AvgIpc) is 3.00. The number of benzene rings is 1. The first-order chi connectivity index (χ1) is 12.1. The lowest BCUT2D eigenvalue weighted by Gasteiger charge is -2.51. The molecule has 4 fully saturated rings. The summed E-state index contributed by atoms with van der Waals surface area (Å²) in [6.45, 7) is 3.46. The molecule has 6 heteroatoms. The molecule has 4 aliphatic rings. The van der Waals surface area contributed by atoms with Crippen LogP contribution in [-0.2, 0) is 4.79 Å². The highest BCUT2D eigenvalue weighted by atomic mass is 19.2. The average molecular weight is 350 g/mol. The van der Waals surface area contributed by atoms with Gasteiger partial charge in [-0.15, -0.1) is 0 Å². The van der Waals surface area contributed by atoms with Crippen molar-refractivity contribution in [2.75, 3.05) is 26.2 Å². The standard InChI is InChI=1S/C19H24F2N2O2/c20-15-4-1-3-13(17(15)21)14-11-23(8-2-5-16(24)25)18-12-6-9-22(10-7-12)19(14)18/h1,3-4,12,14,18-19H,2,5-11H2,(H,24,25)/t14-,18-,19-/m1/s1. The summed E-state index contributed by atoms with van der Waals surface area (Å²) in [6, 6.07) is 5.03. The first-order valence-corrected chi connectivity index (χ1v) is 9.20.